The number of rotatable bonds is 2. The molecule has 17 heavy (non-hydrogen) atoms. The lowest BCUT2D eigenvalue weighted by Crippen LogP contribution is -2.30. The van der Waals surface area contributed by atoms with Gasteiger partial charge >= 0.3 is 0 Å². The number of para-hydroxylation sites is 1. The van der Waals surface area contributed by atoms with Crippen molar-refractivity contribution in [2.24, 2.45) is 0 Å². The zero-order chi connectivity index (χ0) is 12.4. The van der Waals surface area contributed by atoms with Gasteiger partial charge in [-0.15, -0.1) is 0 Å². The Labute approximate surface area is 99.7 Å². The van der Waals surface area contributed by atoms with Gasteiger partial charge < -0.3 is 20.4 Å². The van der Waals surface area contributed by atoms with E-state index in [0.717, 1.165) is 5.69 Å². The van der Waals surface area contributed by atoms with Crippen LogP contribution in [-0.2, 0) is 0 Å². The molecule has 0 bridgehead atoms. The highest BCUT2D eigenvalue weighted by Gasteiger charge is 2.33. The SMILES string of the molecule is CNc1ccccc1C(=O)N1CC(O)C(O)C1. The summed E-state index contributed by atoms with van der Waals surface area (Å²) in [6.45, 7) is 0.357. The molecule has 1 aromatic carbocycles. The Kier molecular flexibility index (Phi) is 3.31. The highest BCUT2D eigenvalue weighted by Crippen LogP contribution is 2.19. The lowest BCUT2D eigenvalue weighted by molar-refractivity contribution is 0.0572. The Morgan fingerprint density at radius 3 is 2.47 bits per heavy atom. The second kappa shape index (κ2) is 4.73. The molecule has 0 saturated carbocycles. The molecule has 3 N–H and O–H groups in total. The number of benzene rings is 1. The van der Waals surface area contributed by atoms with Gasteiger partial charge in [0.15, 0.2) is 0 Å². The lowest BCUT2D eigenvalue weighted by atomic mass is 10.1. The Bertz CT molecular complexity index is 412. The molecule has 5 heteroatoms. The van der Waals surface area contributed by atoms with Crippen LogP contribution in [0.1, 0.15) is 10.4 Å². The first-order chi connectivity index (χ1) is 8.13. The molecule has 92 valence electrons. The van der Waals surface area contributed by atoms with E-state index in [1.165, 1.54) is 4.90 Å². The number of hydrogen-bond donors (Lipinski definition) is 3. The summed E-state index contributed by atoms with van der Waals surface area (Å²) >= 11 is 0. The van der Waals surface area contributed by atoms with Crippen molar-refractivity contribution >= 4 is 11.6 Å². The average Bonchev–Trinajstić information content (AvgIpc) is 2.68. The van der Waals surface area contributed by atoms with Crippen molar-refractivity contribution in [1.82, 2.24) is 4.90 Å². The number of carbonyl (C=O) groups is 1. The van der Waals surface area contributed by atoms with Gasteiger partial charge in [0.2, 0.25) is 0 Å². The third-order valence-corrected chi connectivity index (χ3v) is 2.97. The second-order valence-electron chi connectivity index (χ2n) is 4.14. The molecule has 0 aliphatic carbocycles. The van der Waals surface area contributed by atoms with Gasteiger partial charge in [0.25, 0.3) is 5.91 Å². The van der Waals surface area contributed by atoms with Crippen molar-refractivity contribution in [2.75, 3.05) is 25.5 Å². The summed E-state index contributed by atoms with van der Waals surface area (Å²) in [7, 11) is 1.75. The predicted molar refractivity (Wildman–Crippen MR) is 63.9 cm³/mol. The van der Waals surface area contributed by atoms with Crippen LogP contribution in [0.15, 0.2) is 24.3 Å². The monoisotopic (exact) mass is 236 g/mol. The number of likely N-dealkylation sites (tertiary alicyclic amines) is 1. The number of aliphatic hydroxyl groups is 2. The average molecular weight is 236 g/mol. The van der Waals surface area contributed by atoms with Gasteiger partial charge in [0.1, 0.15) is 0 Å². The maximum absolute atomic E-state index is 12.2. The standard InChI is InChI=1S/C12H16N2O3/c1-13-9-5-3-2-4-8(9)12(17)14-6-10(15)11(16)7-14/h2-5,10-11,13,15-16H,6-7H2,1H3. The molecule has 1 aliphatic heterocycles. The predicted octanol–water partition coefficient (Wildman–Crippen LogP) is -0.0941. The molecule has 2 unspecified atom stereocenters. The van der Waals surface area contributed by atoms with E-state index in [0.29, 0.717) is 5.56 Å². The van der Waals surface area contributed by atoms with Crippen LogP contribution >= 0.6 is 0 Å². The number of nitrogens with zero attached hydrogens (tertiary/aromatic N) is 1. The Hall–Kier alpha value is -1.59. The van der Waals surface area contributed by atoms with Crippen molar-refractivity contribution in [3.8, 4) is 0 Å². The van der Waals surface area contributed by atoms with E-state index in [-0.39, 0.29) is 19.0 Å². The summed E-state index contributed by atoms with van der Waals surface area (Å²) < 4.78 is 0. The lowest BCUT2D eigenvalue weighted by Gasteiger charge is -2.17. The maximum atomic E-state index is 12.2. The van der Waals surface area contributed by atoms with E-state index in [1.807, 2.05) is 12.1 Å². The Balaban J connectivity index is 2.20. The fourth-order valence-electron chi connectivity index (χ4n) is 1.99. The number of aliphatic hydroxyl groups excluding tert-OH is 2. The zero-order valence-electron chi connectivity index (χ0n) is 9.63. The minimum Gasteiger partial charge on any atom is -0.388 e. The molecule has 1 fully saturated rings. The van der Waals surface area contributed by atoms with Crippen LogP contribution in [-0.4, -0.2) is 53.4 Å². The normalized spacial score (nSPS) is 23.8. The van der Waals surface area contributed by atoms with E-state index < -0.39 is 12.2 Å². The Morgan fingerprint density at radius 2 is 1.88 bits per heavy atom. The molecule has 1 amide bonds. The van der Waals surface area contributed by atoms with Crippen LogP contribution in [0.2, 0.25) is 0 Å². The Morgan fingerprint density at radius 1 is 1.29 bits per heavy atom. The molecule has 1 saturated heterocycles. The van der Waals surface area contributed by atoms with Crippen LogP contribution in [0.3, 0.4) is 0 Å². The summed E-state index contributed by atoms with van der Waals surface area (Å²) in [6, 6.07) is 7.18. The molecule has 5 nitrogen and oxygen atoms in total. The number of carbonyl (C=O) groups excluding carboxylic acids is 1. The largest absolute Gasteiger partial charge is 0.388 e. The molecule has 0 radical (unpaired) electrons. The molecular weight excluding hydrogens is 220 g/mol. The van der Waals surface area contributed by atoms with Crippen molar-refractivity contribution in [3.63, 3.8) is 0 Å². The number of nitrogens with one attached hydrogen (secondary N) is 1. The molecule has 1 heterocycles. The van der Waals surface area contributed by atoms with Crippen molar-refractivity contribution in [1.29, 1.82) is 0 Å². The first-order valence-corrected chi connectivity index (χ1v) is 5.55. The van der Waals surface area contributed by atoms with E-state index in [1.54, 1.807) is 19.2 Å². The third kappa shape index (κ3) is 2.25. The summed E-state index contributed by atoms with van der Waals surface area (Å²) in [6.07, 6.45) is -1.69. The minimum atomic E-state index is -0.847. The molecule has 0 aromatic heterocycles. The van der Waals surface area contributed by atoms with Crippen LogP contribution in [0, 0.1) is 0 Å². The van der Waals surface area contributed by atoms with Gasteiger partial charge in [-0.3, -0.25) is 4.79 Å². The first kappa shape index (κ1) is 11.9. The third-order valence-electron chi connectivity index (χ3n) is 2.97. The topological polar surface area (TPSA) is 72.8 Å². The van der Waals surface area contributed by atoms with Crippen LogP contribution < -0.4 is 5.32 Å². The highest BCUT2D eigenvalue weighted by atomic mass is 16.3. The smallest absolute Gasteiger partial charge is 0.256 e. The summed E-state index contributed by atoms with van der Waals surface area (Å²) in [5.74, 6) is -0.175. The molecule has 1 aromatic rings. The van der Waals surface area contributed by atoms with Crippen LogP contribution in [0.25, 0.3) is 0 Å². The summed E-state index contributed by atoms with van der Waals surface area (Å²) in [4.78, 5) is 13.6. The van der Waals surface area contributed by atoms with Gasteiger partial charge in [-0.25, -0.2) is 0 Å². The highest BCUT2D eigenvalue weighted by molar-refractivity contribution is 5.99. The summed E-state index contributed by atoms with van der Waals surface area (Å²) in [5.41, 5.74) is 1.30. The minimum absolute atomic E-state index is 0.175. The van der Waals surface area contributed by atoms with E-state index in [2.05, 4.69) is 5.32 Å². The number of hydrogen-bond acceptors (Lipinski definition) is 4. The molecule has 0 spiro atoms. The zero-order valence-corrected chi connectivity index (χ0v) is 9.63. The molecule has 1 aliphatic rings. The molecule has 2 rings (SSSR count). The number of amides is 1. The van der Waals surface area contributed by atoms with E-state index in [4.69, 9.17) is 0 Å². The second-order valence-corrected chi connectivity index (χ2v) is 4.14. The molecular formula is C12H16N2O3. The van der Waals surface area contributed by atoms with E-state index >= 15 is 0 Å². The number of anilines is 1. The number of β-amino-alcohol motifs (C(OH)–C–C–N with tert-alkyl or cyclic N) is 2. The van der Waals surface area contributed by atoms with Crippen LogP contribution in [0.5, 0.6) is 0 Å². The fraction of sp³-hybridized carbons (Fsp3) is 0.417. The maximum Gasteiger partial charge on any atom is 0.256 e. The quantitative estimate of drug-likeness (QED) is 0.671. The molecule has 2 atom stereocenters. The van der Waals surface area contributed by atoms with Gasteiger partial charge in [-0.05, 0) is 12.1 Å². The van der Waals surface area contributed by atoms with Crippen molar-refractivity contribution in [3.05, 3.63) is 29.8 Å². The van der Waals surface area contributed by atoms with Gasteiger partial charge in [0.05, 0.1) is 17.8 Å². The fourth-order valence-corrected chi connectivity index (χ4v) is 1.99. The first-order valence-electron chi connectivity index (χ1n) is 5.55. The van der Waals surface area contributed by atoms with E-state index in [9.17, 15) is 15.0 Å². The van der Waals surface area contributed by atoms with Crippen molar-refractivity contribution < 1.29 is 15.0 Å². The van der Waals surface area contributed by atoms with Gasteiger partial charge in [0, 0.05) is 25.8 Å². The summed E-state index contributed by atoms with van der Waals surface area (Å²) in [5, 5.41) is 21.8. The van der Waals surface area contributed by atoms with Gasteiger partial charge in [-0.2, -0.15) is 0 Å². The van der Waals surface area contributed by atoms with Gasteiger partial charge in [-0.1, -0.05) is 12.1 Å². The van der Waals surface area contributed by atoms with Crippen molar-refractivity contribution in [2.45, 2.75) is 12.2 Å². The van der Waals surface area contributed by atoms with Crippen LogP contribution in [0.4, 0.5) is 5.69 Å².